The van der Waals surface area contributed by atoms with Crippen LogP contribution in [0.5, 0.6) is 5.88 Å². The topological polar surface area (TPSA) is 64.9 Å². The van der Waals surface area contributed by atoms with E-state index in [0.717, 1.165) is 53.1 Å². The van der Waals surface area contributed by atoms with Gasteiger partial charge in [0, 0.05) is 30.7 Å². The van der Waals surface area contributed by atoms with Gasteiger partial charge in [-0.05, 0) is 49.8 Å². The number of aromatic nitrogens is 4. The maximum absolute atomic E-state index is 5.95. The number of pyridine rings is 2. The lowest BCUT2D eigenvalue weighted by molar-refractivity contribution is 0.113. The predicted molar refractivity (Wildman–Crippen MR) is 107 cm³/mol. The Hall–Kier alpha value is -2.63. The van der Waals surface area contributed by atoms with Gasteiger partial charge in [-0.3, -0.25) is 4.68 Å². The van der Waals surface area contributed by atoms with E-state index in [0.29, 0.717) is 18.6 Å². The standard InChI is InChI=1S/C21H27N5O/c1-14(2)10-23-20-18-13-26(25-19(18)7-8-22-20)12-16-9-15(3)21(24-11-16)27-17-5-4-6-17/h7-9,11,13-14,17H,4-6,10,12H2,1-3H3,(H,22,23). The van der Waals surface area contributed by atoms with E-state index >= 15 is 0 Å². The molecule has 1 fully saturated rings. The van der Waals surface area contributed by atoms with Crippen LogP contribution in [0.4, 0.5) is 5.82 Å². The zero-order valence-electron chi connectivity index (χ0n) is 16.3. The summed E-state index contributed by atoms with van der Waals surface area (Å²) in [6.07, 6.45) is 9.65. The third-order valence-electron chi connectivity index (χ3n) is 4.92. The number of anilines is 1. The van der Waals surface area contributed by atoms with Crippen molar-refractivity contribution >= 4 is 16.7 Å². The molecule has 142 valence electrons. The van der Waals surface area contributed by atoms with Crippen molar-refractivity contribution in [2.75, 3.05) is 11.9 Å². The molecular weight excluding hydrogens is 338 g/mol. The number of nitrogens with zero attached hydrogens (tertiary/aromatic N) is 4. The molecule has 6 heteroatoms. The van der Waals surface area contributed by atoms with E-state index < -0.39 is 0 Å². The summed E-state index contributed by atoms with van der Waals surface area (Å²) in [5.41, 5.74) is 3.15. The molecule has 3 aromatic heterocycles. The van der Waals surface area contributed by atoms with Crippen molar-refractivity contribution in [3.8, 4) is 5.88 Å². The Morgan fingerprint density at radius 1 is 1.30 bits per heavy atom. The second-order valence-electron chi connectivity index (χ2n) is 7.83. The van der Waals surface area contributed by atoms with Gasteiger partial charge in [0.25, 0.3) is 0 Å². The third-order valence-corrected chi connectivity index (χ3v) is 4.92. The molecule has 4 rings (SSSR count). The molecule has 0 atom stereocenters. The number of aryl methyl sites for hydroxylation is 1. The quantitative estimate of drug-likeness (QED) is 0.680. The second kappa shape index (κ2) is 7.55. The maximum atomic E-state index is 5.95. The molecule has 0 radical (unpaired) electrons. The molecule has 6 nitrogen and oxygen atoms in total. The molecule has 0 amide bonds. The molecule has 0 aliphatic heterocycles. The maximum Gasteiger partial charge on any atom is 0.216 e. The van der Waals surface area contributed by atoms with E-state index in [-0.39, 0.29) is 0 Å². The summed E-state index contributed by atoms with van der Waals surface area (Å²) < 4.78 is 7.90. The minimum atomic E-state index is 0.350. The second-order valence-corrected chi connectivity index (χ2v) is 7.83. The van der Waals surface area contributed by atoms with E-state index in [1.165, 1.54) is 6.42 Å². The smallest absolute Gasteiger partial charge is 0.216 e. The monoisotopic (exact) mass is 365 g/mol. The van der Waals surface area contributed by atoms with Gasteiger partial charge in [-0.25, -0.2) is 9.97 Å². The van der Waals surface area contributed by atoms with Gasteiger partial charge in [0.05, 0.1) is 17.4 Å². The van der Waals surface area contributed by atoms with E-state index in [9.17, 15) is 0 Å². The number of hydrogen-bond acceptors (Lipinski definition) is 5. The van der Waals surface area contributed by atoms with Crippen LogP contribution in [0.2, 0.25) is 0 Å². The van der Waals surface area contributed by atoms with Crippen LogP contribution in [0.25, 0.3) is 10.9 Å². The first-order chi connectivity index (χ1) is 13.1. The molecule has 1 N–H and O–H groups in total. The molecule has 27 heavy (non-hydrogen) atoms. The first kappa shape index (κ1) is 17.8. The van der Waals surface area contributed by atoms with Crippen LogP contribution in [0, 0.1) is 12.8 Å². The van der Waals surface area contributed by atoms with Gasteiger partial charge < -0.3 is 10.1 Å². The Labute approximate surface area is 160 Å². The molecule has 0 saturated heterocycles. The third kappa shape index (κ3) is 4.04. The van der Waals surface area contributed by atoms with Crippen molar-refractivity contribution in [1.29, 1.82) is 0 Å². The van der Waals surface area contributed by atoms with Gasteiger partial charge in [0.1, 0.15) is 11.9 Å². The zero-order valence-corrected chi connectivity index (χ0v) is 16.3. The molecule has 1 aliphatic rings. The predicted octanol–water partition coefficient (Wildman–Crippen LogP) is 4.18. The molecule has 1 saturated carbocycles. The molecule has 0 spiro atoms. The van der Waals surface area contributed by atoms with Crippen LogP contribution < -0.4 is 10.1 Å². The van der Waals surface area contributed by atoms with E-state index in [1.807, 2.05) is 16.9 Å². The van der Waals surface area contributed by atoms with Gasteiger partial charge in [-0.1, -0.05) is 13.8 Å². The number of nitrogens with one attached hydrogen (secondary N) is 1. The molecule has 3 aromatic rings. The van der Waals surface area contributed by atoms with Crippen molar-refractivity contribution in [2.45, 2.75) is 52.7 Å². The van der Waals surface area contributed by atoms with Crippen molar-refractivity contribution in [3.05, 3.63) is 41.9 Å². The molecule has 0 unspecified atom stereocenters. The van der Waals surface area contributed by atoms with E-state index in [2.05, 4.69) is 48.3 Å². The molecule has 0 aromatic carbocycles. The van der Waals surface area contributed by atoms with Crippen LogP contribution >= 0.6 is 0 Å². The summed E-state index contributed by atoms with van der Waals surface area (Å²) in [6, 6.07) is 4.09. The SMILES string of the molecule is Cc1cc(Cn2cc3c(NCC(C)C)nccc3n2)cnc1OC1CCC1. The van der Waals surface area contributed by atoms with E-state index in [4.69, 9.17) is 9.84 Å². The number of ether oxygens (including phenoxy) is 1. The molecular formula is C21H27N5O. The normalized spacial score (nSPS) is 14.5. The van der Waals surface area contributed by atoms with Gasteiger partial charge in [-0.15, -0.1) is 0 Å². The first-order valence-electron chi connectivity index (χ1n) is 9.76. The highest BCUT2D eigenvalue weighted by molar-refractivity contribution is 5.88. The Kier molecular flexibility index (Phi) is 4.97. The van der Waals surface area contributed by atoms with E-state index in [1.54, 1.807) is 6.20 Å². The minimum absolute atomic E-state index is 0.350. The van der Waals surface area contributed by atoms with Gasteiger partial charge in [0.2, 0.25) is 5.88 Å². The van der Waals surface area contributed by atoms with Gasteiger partial charge >= 0.3 is 0 Å². The fourth-order valence-corrected chi connectivity index (χ4v) is 3.18. The van der Waals surface area contributed by atoms with Crippen LogP contribution in [0.1, 0.15) is 44.2 Å². The number of rotatable bonds is 7. The van der Waals surface area contributed by atoms with Crippen LogP contribution in [-0.2, 0) is 6.54 Å². The highest BCUT2D eigenvalue weighted by Gasteiger charge is 2.20. The lowest BCUT2D eigenvalue weighted by Crippen LogP contribution is -2.25. The van der Waals surface area contributed by atoms with Gasteiger partial charge in [0.15, 0.2) is 0 Å². The summed E-state index contributed by atoms with van der Waals surface area (Å²) in [5, 5.41) is 9.16. The summed E-state index contributed by atoms with van der Waals surface area (Å²) in [7, 11) is 0. The lowest BCUT2D eigenvalue weighted by atomic mass is 9.96. The highest BCUT2D eigenvalue weighted by atomic mass is 16.5. The fourth-order valence-electron chi connectivity index (χ4n) is 3.18. The largest absolute Gasteiger partial charge is 0.474 e. The van der Waals surface area contributed by atoms with Crippen LogP contribution in [0.3, 0.4) is 0 Å². The van der Waals surface area contributed by atoms with Crippen molar-refractivity contribution in [3.63, 3.8) is 0 Å². The summed E-state index contributed by atoms with van der Waals surface area (Å²) in [4.78, 5) is 9.00. The summed E-state index contributed by atoms with van der Waals surface area (Å²) in [6.45, 7) is 8.00. The van der Waals surface area contributed by atoms with Crippen LogP contribution in [-0.4, -0.2) is 32.4 Å². The summed E-state index contributed by atoms with van der Waals surface area (Å²) >= 11 is 0. The Bertz CT molecular complexity index is 929. The zero-order chi connectivity index (χ0) is 18.8. The Balaban J connectivity index is 1.51. The number of fused-ring (bicyclic) bond motifs is 1. The Morgan fingerprint density at radius 2 is 2.15 bits per heavy atom. The highest BCUT2D eigenvalue weighted by Crippen LogP contribution is 2.26. The first-order valence-corrected chi connectivity index (χ1v) is 9.76. The lowest BCUT2D eigenvalue weighted by Gasteiger charge is -2.26. The average molecular weight is 365 g/mol. The van der Waals surface area contributed by atoms with Crippen molar-refractivity contribution in [2.24, 2.45) is 5.92 Å². The van der Waals surface area contributed by atoms with Crippen LogP contribution in [0.15, 0.2) is 30.7 Å². The fraction of sp³-hybridized carbons (Fsp3) is 0.476. The van der Waals surface area contributed by atoms with Crippen molar-refractivity contribution < 1.29 is 4.74 Å². The van der Waals surface area contributed by atoms with Gasteiger partial charge in [-0.2, -0.15) is 5.10 Å². The Morgan fingerprint density at radius 3 is 2.85 bits per heavy atom. The van der Waals surface area contributed by atoms with Crippen molar-refractivity contribution in [1.82, 2.24) is 19.7 Å². The summed E-state index contributed by atoms with van der Waals surface area (Å²) in [5.74, 6) is 2.22. The molecule has 1 aliphatic carbocycles. The average Bonchev–Trinajstić information content (AvgIpc) is 3.00. The molecule has 3 heterocycles. The minimum Gasteiger partial charge on any atom is -0.474 e. The molecule has 0 bridgehead atoms. The number of hydrogen-bond donors (Lipinski definition) is 1.